The molecule has 0 rings (SSSR count). The van der Waals surface area contributed by atoms with Gasteiger partial charge in [-0.25, -0.2) is 0 Å². The zero-order chi connectivity index (χ0) is 59.9. The van der Waals surface area contributed by atoms with Gasteiger partial charge in [-0.1, -0.05) is 281 Å². The van der Waals surface area contributed by atoms with E-state index < -0.39 is 6.10 Å². The quantitative estimate of drug-likeness (QED) is 0.0261. The standard InChI is InChI=1S/C77H124O6/c1-4-7-10-13-16-19-22-25-28-31-34-36-37-38-39-41-43-46-49-52-55-58-61-64-67-70-76(79)82-73-74(72-81-75(78)69-66-63-60-57-54-51-48-45-42-33-30-27-24-21-18-15-12-9-6-3)83-77(80)71-68-65-62-59-56-53-50-47-44-40-35-32-29-26-23-20-17-14-11-8-5-2/h7-8,10-11,16-17,19-20,25-30,34-36,38-40,43,46-47,50,56,59,74H,4-6,9,12-15,18,21-24,31-33,37,41-42,44-45,48-49,51-55,57-58,60-73H2,1-3H3/b10-7-,11-8-,19-16-,20-17-,28-25-,29-26-,30-27-,36-34-,39-38-,40-35-,46-43-,50-47-,59-56-. The average Bonchev–Trinajstić information content (AvgIpc) is 3.50. The van der Waals surface area contributed by atoms with Crippen LogP contribution in [0.25, 0.3) is 0 Å². The lowest BCUT2D eigenvalue weighted by Gasteiger charge is -2.18. The molecule has 1 atom stereocenters. The highest BCUT2D eigenvalue weighted by Gasteiger charge is 2.19. The Labute approximate surface area is 511 Å². The summed E-state index contributed by atoms with van der Waals surface area (Å²) in [5, 5.41) is 0. The molecule has 83 heavy (non-hydrogen) atoms. The topological polar surface area (TPSA) is 78.9 Å². The monoisotopic (exact) mass is 1140 g/mol. The third-order valence-corrected chi connectivity index (χ3v) is 14.0. The Morgan fingerprint density at radius 3 is 0.771 bits per heavy atom. The molecular weight excluding hydrogens is 1020 g/mol. The first kappa shape index (κ1) is 78.0. The Morgan fingerprint density at radius 1 is 0.253 bits per heavy atom. The van der Waals surface area contributed by atoms with Gasteiger partial charge in [0.1, 0.15) is 13.2 Å². The predicted octanol–water partition coefficient (Wildman–Crippen LogP) is 23.7. The second kappa shape index (κ2) is 69.5. The van der Waals surface area contributed by atoms with E-state index in [0.29, 0.717) is 19.3 Å². The Bertz CT molecular complexity index is 1840. The molecule has 0 aromatic heterocycles. The lowest BCUT2D eigenvalue weighted by molar-refractivity contribution is -0.167. The van der Waals surface area contributed by atoms with Crippen LogP contribution in [-0.4, -0.2) is 37.2 Å². The summed E-state index contributed by atoms with van der Waals surface area (Å²) in [4.78, 5) is 38.5. The molecule has 0 aromatic carbocycles. The first-order chi connectivity index (χ1) is 41.0. The predicted molar refractivity (Wildman–Crippen MR) is 362 cm³/mol. The van der Waals surface area contributed by atoms with Gasteiger partial charge >= 0.3 is 17.9 Å². The molecule has 0 saturated heterocycles. The van der Waals surface area contributed by atoms with Gasteiger partial charge in [0.25, 0.3) is 0 Å². The van der Waals surface area contributed by atoms with E-state index in [9.17, 15) is 14.4 Å². The van der Waals surface area contributed by atoms with Crippen molar-refractivity contribution < 1.29 is 28.6 Å². The van der Waals surface area contributed by atoms with Gasteiger partial charge in [-0.05, 0) is 148 Å². The van der Waals surface area contributed by atoms with Crippen molar-refractivity contribution in [3.05, 3.63) is 158 Å². The number of carbonyl (C=O) groups is 3. The first-order valence-electron chi connectivity index (χ1n) is 34.0. The van der Waals surface area contributed by atoms with E-state index in [4.69, 9.17) is 14.2 Å². The molecule has 0 aliphatic heterocycles. The van der Waals surface area contributed by atoms with Crippen LogP contribution in [0.5, 0.6) is 0 Å². The van der Waals surface area contributed by atoms with Crippen molar-refractivity contribution in [2.45, 2.75) is 297 Å². The van der Waals surface area contributed by atoms with Crippen molar-refractivity contribution in [3.8, 4) is 0 Å². The highest BCUT2D eigenvalue weighted by Crippen LogP contribution is 2.15. The number of rotatable bonds is 60. The second-order valence-corrected chi connectivity index (χ2v) is 22.0. The number of ether oxygens (including phenoxy) is 3. The molecular formula is C77H124O6. The van der Waals surface area contributed by atoms with E-state index in [-0.39, 0.29) is 37.5 Å². The molecule has 0 aliphatic carbocycles. The lowest BCUT2D eigenvalue weighted by atomic mass is 10.1. The third kappa shape index (κ3) is 67.7. The Hall–Kier alpha value is -4.97. The highest BCUT2D eigenvalue weighted by molar-refractivity contribution is 5.71. The maximum Gasteiger partial charge on any atom is 0.306 e. The van der Waals surface area contributed by atoms with E-state index in [1.165, 1.54) is 103 Å². The molecule has 468 valence electrons. The third-order valence-electron chi connectivity index (χ3n) is 14.0. The summed E-state index contributed by atoms with van der Waals surface area (Å²) in [6.45, 7) is 6.37. The molecule has 6 heteroatoms. The fraction of sp³-hybridized carbons (Fsp3) is 0.623. The SMILES string of the molecule is CC/C=C\C/C=C\C/C=C\C/C=C\C/C=C\C/C=C\CCCCCCCCC(=O)OCC(COC(=O)CCCCCCCCCCC/C=C\CCCCCCCC)OC(=O)CCCC/C=C\C/C=C\C/C=C\C/C=C\C/C=C\C/C=C\CC. The molecule has 0 amide bonds. The van der Waals surface area contributed by atoms with Crippen LogP contribution in [0.2, 0.25) is 0 Å². The van der Waals surface area contributed by atoms with Gasteiger partial charge in [0, 0.05) is 19.3 Å². The molecule has 0 spiro atoms. The zero-order valence-corrected chi connectivity index (χ0v) is 53.7. The molecule has 0 fully saturated rings. The highest BCUT2D eigenvalue weighted by atomic mass is 16.6. The molecule has 0 aliphatic rings. The summed E-state index contributed by atoms with van der Waals surface area (Å²) in [5.74, 6) is -0.967. The van der Waals surface area contributed by atoms with Crippen LogP contribution >= 0.6 is 0 Å². The first-order valence-corrected chi connectivity index (χ1v) is 34.0. The van der Waals surface area contributed by atoms with Crippen LogP contribution < -0.4 is 0 Å². The lowest BCUT2D eigenvalue weighted by Crippen LogP contribution is -2.30. The van der Waals surface area contributed by atoms with Gasteiger partial charge in [-0.3, -0.25) is 14.4 Å². The maximum atomic E-state index is 12.9. The molecule has 6 nitrogen and oxygen atoms in total. The number of hydrogen-bond acceptors (Lipinski definition) is 6. The number of esters is 3. The van der Waals surface area contributed by atoms with Crippen molar-refractivity contribution in [1.82, 2.24) is 0 Å². The van der Waals surface area contributed by atoms with Crippen LogP contribution in [0.1, 0.15) is 290 Å². The zero-order valence-electron chi connectivity index (χ0n) is 53.7. The van der Waals surface area contributed by atoms with Gasteiger partial charge < -0.3 is 14.2 Å². The van der Waals surface area contributed by atoms with E-state index in [1.54, 1.807) is 0 Å². The summed E-state index contributed by atoms with van der Waals surface area (Å²) in [5.41, 5.74) is 0. The molecule has 0 aromatic rings. The second-order valence-electron chi connectivity index (χ2n) is 22.0. The van der Waals surface area contributed by atoms with Gasteiger partial charge in [-0.15, -0.1) is 0 Å². The average molecular weight is 1150 g/mol. The summed E-state index contributed by atoms with van der Waals surface area (Å²) in [6.07, 6.45) is 101. The van der Waals surface area contributed by atoms with Gasteiger partial charge in [0.15, 0.2) is 6.10 Å². The number of allylic oxidation sites excluding steroid dienone is 26. The largest absolute Gasteiger partial charge is 0.462 e. The Kier molecular flexibility index (Phi) is 65.4. The van der Waals surface area contributed by atoms with Crippen molar-refractivity contribution in [3.63, 3.8) is 0 Å². The van der Waals surface area contributed by atoms with Crippen LogP contribution in [0.4, 0.5) is 0 Å². The minimum absolute atomic E-state index is 0.107. The molecule has 0 N–H and O–H groups in total. The normalized spacial score (nSPS) is 13.1. The molecule has 0 radical (unpaired) electrons. The number of unbranched alkanes of at least 4 members (excludes halogenated alkanes) is 23. The summed E-state index contributed by atoms with van der Waals surface area (Å²) in [7, 11) is 0. The Morgan fingerprint density at radius 2 is 0.470 bits per heavy atom. The van der Waals surface area contributed by atoms with Crippen LogP contribution in [0.3, 0.4) is 0 Å². The molecule has 1 unspecified atom stereocenters. The maximum absolute atomic E-state index is 12.9. The minimum Gasteiger partial charge on any atom is -0.462 e. The number of hydrogen-bond donors (Lipinski definition) is 0. The van der Waals surface area contributed by atoms with Gasteiger partial charge in [0.05, 0.1) is 0 Å². The molecule has 0 bridgehead atoms. The summed E-state index contributed by atoms with van der Waals surface area (Å²) >= 11 is 0. The Balaban J connectivity index is 4.52. The molecule has 0 heterocycles. The fourth-order valence-corrected chi connectivity index (χ4v) is 8.97. The van der Waals surface area contributed by atoms with E-state index >= 15 is 0 Å². The van der Waals surface area contributed by atoms with Crippen molar-refractivity contribution in [2.75, 3.05) is 13.2 Å². The van der Waals surface area contributed by atoms with E-state index in [2.05, 4.69) is 179 Å². The van der Waals surface area contributed by atoms with Crippen molar-refractivity contribution in [1.29, 1.82) is 0 Å². The van der Waals surface area contributed by atoms with Crippen LogP contribution in [0, 0.1) is 0 Å². The smallest absolute Gasteiger partial charge is 0.306 e. The summed E-state index contributed by atoms with van der Waals surface area (Å²) in [6, 6.07) is 0. The van der Waals surface area contributed by atoms with E-state index in [1.807, 2.05) is 0 Å². The van der Waals surface area contributed by atoms with Gasteiger partial charge in [-0.2, -0.15) is 0 Å². The van der Waals surface area contributed by atoms with Crippen LogP contribution in [-0.2, 0) is 28.6 Å². The van der Waals surface area contributed by atoms with E-state index in [0.717, 1.165) is 141 Å². The fourth-order valence-electron chi connectivity index (χ4n) is 8.97. The minimum atomic E-state index is -0.818. The summed E-state index contributed by atoms with van der Waals surface area (Å²) < 4.78 is 16.9. The molecule has 0 saturated carbocycles. The van der Waals surface area contributed by atoms with Crippen molar-refractivity contribution in [2.24, 2.45) is 0 Å². The van der Waals surface area contributed by atoms with Crippen LogP contribution in [0.15, 0.2) is 158 Å². The van der Waals surface area contributed by atoms with Gasteiger partial charge in [0.2, 0.25) is 0 Å². The van der Waals surface area contributed by atoms with Crippen molar-refractivity contribution >= 4 is 17.9 Å². The number of carbonyl (C=O) groups excluding carboxylic acids is 3.